The number of aromatic nitrogens is 1. The first kappa shape index (κ1) is 13.1. The molecule has 0 radical (unpaired) electrons. The third-order valence-electron chi connectivity index (χ3n) is 4.30. The first-order chi connectivity index (χ1) is 9.33. The van der Waals surface area contributed by atoms with Gasteiger partial charge < -0.3 is 10.6 Å². The zero-order valence-corrected chi connectivity index (χ0v) is 11.9. The number of fused-ring (bicyclic) bond motifs is 1. The van der Waals surface area contributed by atoms with Crippen LogP contribution >= 0.6 is 11.3 Å². The molecule has 3 unspecified atom stereocenters. The summed E-state index contributed by atoms with van der Waals surface area (Å²) in [6.07, 6.45) is 8.85. The van der Waals surface area contributed by atoms with Crippen molar-refractivity contribution in [3.63, 3.8) is 0 Å². The minimum atomic E-state index is 0.0318. The van der Waals surface area contributed by atoms with E-state index in [1.54, 1.807) is 11.3 Å². The van der Waals surface area contributed by atoms with Crippen LogP contribution in [-0.2, 0) is 11.2 Å². The minimum absolute atomic E-state index is 0.0318. The second-order valence-electron chi connectivity index (χ2n) is 5.57. The number of hydrogen-bond acceptors (Lipinski definition) is 4. The Balaban J connectivity index is 1.43. The summed E-state index contributed by atoms with van der Waals surface area (Å²) in [6.45, 7) is 0.694. The average molecular weight is 279 g/mol. The van der Waals surface area contributed by atoms with Crippen molar-refractivity contribution in [3.8, 4) is 0 Å². The number of nitrogens with one attached hydrogen (secondary N) is 2. The summed E-state index contributed by atoms with van der Waals surface area (Å²) >= 11 is 1.65. The molecule has 1 aromatic rings. The van der Waals surface area contributed by atoms with Crippen LogP contribution in [0.3, 0.4) is 0 Å². The Morgan fingerprint density at radius 3 is 3.16 bits per heavy atom. The van der Waals surface area contributed by atoms with Crippen molar-refractivity contribution in [2.45, 2.75) is 50.6 Å². The molecule has 0 spiro atoms. The Labute approximate surface area is 118 Å². The molecule has 1 aromatic heterocycles. The van der Waals surface area contributed by atoms with Crippen LogP contribution in [0.15, 0.2) is 11.6 Å². The number of carbonyl (C=O) groups excluding carboxylic acids is 1. The lowest BCUT2D eigenvalue weighted by atomic mass is 9.85. The van der Waals surface area contributed by atoms with E-state index in [0.29, 0.717) is 12.6 Å². The molecule has 1 saturated carbocycles. The topological polar surface area (TPSA) is 54.0 Å². The predicted molar refractivity (Wildman–Crippen MR) is 76.1 cm³/mol. The molecule has 0 bridgehead atoms. The monoisotopic (exact) mass is 279 g/mol. The molecule has 4 nitrogen and oxygen atoms in total. The lowest BCUT2D eigenvalue weighted by Gasteiger charge is -2.24. The van der Waals surface area contributed by atoms with Crippen LogP contribution in [0.5, 0.6) is 0 Å². The molecule has 3 atom stereocenters. The van der Waals surface area contributed by atoms with Crippen LogP contribution in [0.25, 0.3) is 0 Å². The molecule has 5 heteroatoms. The highest BCUT2D eigenvalue weighted by atomic mass is 32.1. The second-order valence-corrected chi connectivity index (χ2v) is 6.55. The standard InChI is InChI=1S/C14H21N3OS/c18-14(16-6-5-13-15-7-8-19-13)12-9-10-3-1-2-4-11(10)17-12/h7-8,10-12,17H,1-6,9H2,(H,16,18). The van der Waals surface area contributed by atoms with Gasteiger partial charge in [-0.2, -0.15) is 0 Å². The van der Waals surface area contributed by atoms with Crippen molar-refractivity contribution >= 4 is 17.2 Å². The fourth-order valence-electron chi connectivity index (χ4n) is 3.31. The van der Waals surface area contributed by atoms with Crippen LogP contribution in [0.1, 0.15) is 37.1 Å². The molecule has 1 aliphatic carbocycles. The van der Waals surface area contributed by atoms with Gasteiger partial charge in [0.05, 0.1) is 11.0 Å². The zero-order valence-electron chi connectivity index (χ0n) is 11.1. The van der Waals surface area contributed by atoms with Crippen LogP contribution in [0, 0.1) is 5.92 Å². The van der Waals surface area contributed by atoms with Crippen molar-refractivity contribution in [3.05, 3.63) is 16.6 Å². The van der Waals surface area contributed by atoms with Crippen molar-refractivity contribution < 1.29 is 4.79 Å². The second kappa shape index (κ2) is 6.01. The van der Waals surface area contributed by atoms with E-state index in [9.17, 15) is 4.79 Å². The fourth-order valence-corrected chi connectivity index (χ4v) is 3.93. The van der Waals surface area contributed by atoms with Crippen molar-refractivity contribution in [2.75, 3.05) is 6.54 Å². The van der Waals surface area contributed by atoms with E-state index in [2.05, 4.69) is 15.6 Å². The summed E-state index contributed by atoms with van der Waals surface area (Å²) in [5.74, 6) is 0.898. The molecule has 2 heterocycles. The van der Waals surface area contributed by atoms with Gasteiger partial charge in [-0.05, 0) is 25.2 Å². The summed E-state index contributed by atoms with van der Waals surface area (Å²) in [6, 6.07) is 0.618. The lowest BCUT2D eigenvalue weighted by Crippen LogP contribution is -2.43. The highest BCUT2D eigenvalue weighted by molar-refractivity contribution is 7.09. The van der Waals surface area contributed by atoms with E-state index >= 15 is 0 Å². The van der Waals surface area contributed by atoms with E-state index in [1.807, 2.05) is 11.6 Å². The summed E-state index contributed by atoms with van der Waals surface area (Å²) in [5.41, 5.74) is 0. The summed E-state index contributed by atoms with van der Waals surface area (Å²) in [4.78, 5) is 16.3. The first-order valence-electron chi connectivity index (χ1n) is 7.25. The van der Waals surface area contributed by atoms with Crippen LogP contribution in [0.2, 0.25) is 0 Å². The molecule has 1 saturated heterocycles. The van der Waals surface area contributed by atoms with Gasteiger partial charge in [0.15, 0.2) is 0 Å². The summed E-state index contributed by atoms with van der Waals surface area (Å²) in [7, 11) is 0. The number of nitrogens with zero attached hydrogens (tertiary/aromatic N) is 1. The highest BCUT2D eigenvalue weighted by Crippen LogP contribution is 2.33. The van der Waals surface area contributed by atoms with Gasteiger partial charge in [-0.1, -0.05) is 12.8 Å². The van der Waals surface area contributed by atoms with Gasteiger partial charge in [0.25, 0.3) is 0 Å². The minimum Gasteiger partial charge on any atom is -0.354 e. The molecule has 2 aliphatic rings. The summed E-state index contributed by atoms with van der Waals surface area (Å²) in [5, 5.41) is 9.61. The van der Waals surface area contributed by atoms with Gasteiger partial charge in [0.2, 0.25) is 5.91 Å². The van der Waals surface area contributed by atoms with E-state index in [4.69, 9.17) is 0 Å². The van der Waals surface area contributed by atoms with Gasteiger partial charge in [0, 0.05) is 30.6 Å². The van der Waals surface area contributed by atoms with Crippen LogP contribution in [0.4, 0.5) is 0 Å². The van der Waals surface area contributed by atoms with Gasteiger partial charge in [-0.3, -0.25) is 4.79 Å². The number of amides is 1. The molecule has 1 aliphatic heterocycles. The molecule has 2 fully saturated rings. The molecule has 0 aromatic carbocycles. The van der Waals surface area contributed by atoms with Gasteiger partial charge >= 0.3 is 0 Å². The van der Waals surface area contributed by atoms with Gasteiger partial charge in [0.1, 0.15) is 0 Å². The lowest BCUT2D eigenvalue weighted by molar-refractivity contribution is -0.122. The smallest absolute Gasteiger partial charge is 0.237 e. The van der Waals surface area contributed by atoms with Gasteiger partial charge in [-0.25, -0.2) is 4.98 Å². The van der Waals surface area contributed by atoms with Crippen molar-refractivity contribution in [1.29, 1.82) is 0 Å². The largest absolute Gasteiger partial charge is 0.354 e. The summed E-state index contributed by atoms with van der Waals surface area (Å²) < 4.78 is 0. The Morgan fingerprint density at radius 2 is 2.37 bits per heavy atom. The SMILES string of the molecule is O=C(NCCc1nccs1)C1CC2CCCCC2N1. The van der Waals surface area contributed by atoms with Crippen LogP contribution < -0.4 is 10.6 Å². The molecule has 3 rings (SSSR count). The zero-order chi connectivity index (χ0) is 13.1. The van der Waals surface area contributed by atoms with Crippen LogP contribution in [-0.4, -0.2) is 29.5 Å². The molecular formula is C14H21N3OS. The van der Waals surface area contributed by atoms with E-state index in [1.165, 1.54) is 25.7 Å². The molecule has 2 N–H and O–H groups in total. The number of hydrogen-bond donors (Lipinski definition) is 2. The van der Waals surface area contributed by atoms with Crippen molar-refractivity contribution in [1.82, 2.24) is 15.6 Å². The van der Waals surface area contributed by atoms with Crippen molar-refractivity contribution in [2.24, 2.45) is 5.92 Å². The quantitative estimate of drug-likeness (QED) is 0.882. The Morgan fingerprint density at radius 1 is 1.47 bits per heavy atom. The number of rotatable bonds is 4. The maximum Gasteiger partial charge on any atom is 0.237 e. The number of thiazole rings is 1. The molecule has 1 amide bonds. The van der Waals surface area contributed by atoms with E-state index < -0.39 is 0 Å². The molecule has 104 valence electrons. The number of carbonyl (C=O) groups is 1. The van der Waals surface area contributed by atoms with Gasteiger partial charge in [-0.15, -0.1) is 11.3 Å². The maximum absolute atomic E-state index is 12.1. The van der Waals surface area contributed by atoms with E-state index in [-0.39, 0.29) is 11.9 Å². The fraction of sp³-hybridized carbons (Fsp3) is 0.714. The first-order valence-corrected chi connectivity index (χ1v) is 8.13. The van der Waals surface area contributed by atoms with E-state index in [0.717, 1.165) is 23.8 Å². The average Bonchev–Trinajstić information content (AvgIpc) is 3.07. The molecule has 19 heavy (non-hydrogen) atoms. The maximum atomic E-state index is 12.1. The Bertz CT molecular complexity index is 406. The highest BCUT2D eigenvalue weighted by Gasteiger charge is 2.37. The molecular weight excluding hydrogens is 258 g/mol. The third kappa shape index (κ3) is 3.15. The predicted octanol–water partition coefficient (Wildman–Crippen LogP) is 1.72. The Kier molecular flexibility index (Phi) is 4.13. The normalized spacial score (nSPS) is 30.0. The third-order valence-corrected chi connectivity index (χ3v) is 5.14. The Hall–Kier alpha value is -0.940.